The summed E-state index contributed by atoms with van der Waals surface area (Å²) in [5.41, 5.74) is 3.92. The van der Waals surface area contributed by atoms with Gasteiger partial charge in [0, 0.05) is 22.5 Å². The van der Waals surface area contributed by atoms with E-state index in [1.165, 1.54) is 16.9 Å². The Kier molecular flexibility index (Phi) is 6.45. The zero-order valence-corrected chi connectivity index (χ0v) is 16.3. The Bertz CT molecular complexity index is 912. The molecule has 0 aliphatic heterocycles. The van der Waals surface area contributed by atoms with Crippen LogP contribution in [0.5, 0.6) is 0 Å². The zero-order chi connectivity index (χ0) is 19.2. The number of halogens is 1. The molecule has 5 nitrogen and oxygen atoms in total. The monoisotopic (exact) mass is 401 g/mol. The third-order valence-electron chi connectivity index (χ3n) is 4.00. The molecule has 2 aromatic carbocycles. The Morgan fingerprint density at radius 1 is 1.26 bits per heavy atom. The molecule has 0 saturated heterocycles. The van der Waals surface area contributed by atoms with Gasteiger partial charge in [0.15, 0.2) is 5.13 Å². The maximum atomic E-state index is 12.4. The Hall–Kier alpha value is -2.41. The number of amides is 1. The topological polar surface area (TPSA) is 74.2 Å². The van der Waals surface area contributed by atoms with Gasteiger partial charge in [-0.1, -0.05) is 53.6 Å². The van der Waals surface area contributed by atoms with E-state index in [-0.39, 0.29) is 12.5 Å². The summed E-state index contributed by atoms with van der Waals surface area (Å²) < 4.78 is 0. The summed E-state index contributed by atoms with van der Waals surface area (Å²) in [6, 6.07) is 14.6. The largest absolute Gasteiger partial charge is 0.394 e. The summed E-state index contributed by atoms with van der Waals surface area (Å²) in [6.45, 7) is 2.04. The number of hydrogen-bond donors (Lipinski definition) is 3. The number of aliphatic hydroxyl groups excluding tert-OH is 1. The van der Waals surface area contributed by atoms with Crippen LogP contribution in [0.4, 0.5) is 5.13 Å². The summed E-state index contributed by atoms with van der Waals surface area (Å²) in [5.74, 6) is -0.301. The van der Waals surface area contributed by atoms with Crippen molar-refractivity contribution in [3.63, 3.8) is 0 Å². The van der Waals surface area contributed by atoms with E-state index in [1.807, 2.05) is 48.7 Å². The van der Waals surface area contributed by atoms with E-state index in [9.17, 15) is 9.90 Å². The van der Waals surface area contributed by atoms with Crippen molar-refractivity contribution in [1.29, 1.82) is 0 Å². The number of aromatic nitrogens is 1. The zero-order valence-electron chi connectivity index (χ0n) is 14.8. The Labute approximate surface area is 167 Å². The van der Waals surface area contributed by atoms with Crippen LogP contribution < -0.4 is 10.6 Å². The number of carbonyl (C=O) groups is 1. The minimum Gasteiger partial charge on any atom is -0.394 e. The third-order valence-corrected chi connectivity index (χ3v) is 5.01. The number of carbonyl (C=O) groups excluding carboxylic acids is 1. The molecule has 1 heterocycles. The summed E-state index contributed by atoms with van der Waals surface area (Å²) in [4.78, 5) is 16.9. The number of anilines is 1. The summed E-state index contributed by atoms with van der Waals surface area (Å²) in [6.07, 6.45) is 0. The molecule has 1 aromatic heterocycles. The first-order chi connectivity index (χ1) is 13.0. The van der Waals surface area contributed by atoms with Crippen molar-refractivity contribution >= 4 is 34.0 Å². The van der Waals surface area contributed by atoms with Crippen molar-refractivity contribution in [2.75, 3.05) is 11.9 Å². The molecular weight excluding hydrogens is 382 g/mol. The number of benzene rings is 2. The van der Waals surface area contributed by atoms with E-state index < -0.39 is 6.04 Å². The second-order valence-corrected chi connectivity index (χ2v) is 7.43. The van der Waals surface area contributed by atoms with Crippen molar-refractivity contribution in [2.24, 2.45) is 0 Å². The van der Waals surface area contributed by atoms with E-state index in [4.69, 9.17) is 11.6 Å². The normalized spacial score (nSPS) is 11.8. The van der Waals surface area contributed by atoms with Gasteiger partial charge in [-0.25, -0.2) is 4.98 Å². The maximum absolute atomic E-state index is 12.4. The van der Waals surface area contributed by atoms with E-state index in [1.54, 1.807) is 12.1 Å². The molecule has 7 heteroatoms. The number of rotatable bonds is 7. The Morgan fingerprint density at radius 3 is 2.74 bits per heavy atom. The predicted octanol–water partition coefficient (Wildman–Crippen LogP) is 3.86. The predicted molar refractivity (Wildman–Crippen MR) is 110 cm³/mol. The molecule has 0 unspecified atom stereocenters. The lowest BCUT2D eigenvalue weighted by Gasteiger charge is -2.15. The van der Waals surface area contributed by atoms with Gasteiger partial charge in [0.05, 0.1) is 12.3 Å². The van der Waals surface area contributed by atoms with Gasteiger partial charge in [-0.05, 0) is 24.6 Å². The molecular formula is C20H20ClN3O2S. The van der Waals surface area contributed by atoms with Crippen LogP contribution in [0.25, 0.3) is 11.3 Å². The molecule has 0 aliphatic carbocycles. The van der Waals surface area contributed by atoms with Gasteiger partial charge < -0.3 is 15.7 Å². The van der Waals surface area contributed by atoms with Crippen LogP contribution in [0.2, 0.25) is 5.02 Å². The summed E-state index contributed by atoms with van der Waals surface area (Å²) in [5, 5.41) is 18.5. The first kappa shape index (κ1) is 19.4. The smallest absolute Gasteiger partial charge is 0.245 e. The van der Waals surface area contributed by atoms with Crippen LogP contribution in [0, 0.1) is 6.92 Å². The Morgan fingerprint density at radius 2 is 2.04 bits per heavy atom. The molecule has 0 saturated carbocycles. The second-order valence-electron chi connectivity index (χ2n) is 6.13. The van der Waals surface area contributed by atoms with E-state index >= 15 is 0 Å². The van der Waals surface area contributed by atoms with Crippen LogP contribution in [0.3, 0.4) is 0 Å². The van der Waals surface area contributed by atoms with Crippen molar-refractivity contribution in [3.05, 3.63) is 70.1 Å². The fraction of sp³-hybridized carbons (Fsp3) is 0.200. The highest BCUT2D eigenvalue weighted by Crippen LogP contribution is 2.25. The number of nitrogens with one attached hydrogen (secondary N) is 2. The quantitative estimate of drug-likeness (QED) is 0.562. The number of hydrogen-bond acceptors (Lipinski definition) is 5. The highest BCUT2D eigenvalue weighted by Gasteiger charge is 2.18. The summed E-state index contributed by atoms with van der Waals surface area (Å²) in [7, 11) is 0. The SMILES string of the molecule is Cc1ccc(-c2csc(N[C@@H](CO)C(=O)NCc3cccc(Cl)c3)n2)cc1. The fourth-order valence-corrected chi connectivity index (χ4v) is 3.49. The second kappa shape index (κ2) is 8.99. The molecule has 27 heavy (non-hydrogen) atoms. The molecule has 0 fully saturated rings. The molecule has 140 valence electrons. The van der Waals surface area contributed by atoms with Crippen molar-refractivity contribution in [1.82, 2.24) is 10.3 Å². The minimum absolute atomic E-state index is 0.301. The molecule has 0 aliphatic rings. The van der Waals surface area contributed by atoms with E-state index in [2.05, 4.69) is 15.6 Å². The third kappa shape index (κ3) is 5.29. The standard InChI is InChI=1S/C20H20ClN3O2S/c1-13-5-7-15(8-6-13)18-12-27-20(24-18)23-17(11-25)19(26)22-10-14-3-2-4-16(21)9-14/h2-9,12,17,25H,10-11H2,1H3,(H,22,26)(H,23,24)/t17-/m0/s1. The molecule has 1 atom stereocenters. The Balaban J connectivity index is 1.61. The van der Waals surface area contributed by atoms with Gasteiger partial charge in [-0.2, -0.15) is 0 Å². The number of aryl methyl sites for hydroxylation is 1. The van der Waals surface area contributed by atoms with Crippen molar-refractivity contribution in [3.8, 4) is 11.3 Å². The van der Waals surface area contributed by atoms with Gasteiger partial charge in [0.1, 0.15) is 6.04 Å². The van der Waals surface area contributed by atoms with Crippen molar-refractivity contribution in [2.45, 2.75) is 19.5 Å². The van der Waals surface area contributed by atoms with Crippen LogP contribution in [-0.2, 0) is 11.3 Å². The van der Waals surface area contributed by atoms with Crippen LogP contribution in [0.15, 0.2) is 53.9 Å². The molecule has 0 spiro atoms. The average molecular weight is 402 g/mol. The van der Waals surface area contributed by atoms with Gasteiger partial charge in [-0.3, -0.25) is 4.79 Å². The lowest BCUT2D eigenvalue weighted by molar-refractivity contribution is -0.122. The fourth-order valence-electron chi connectivity index (χ4n) is 2.50. The molecule has 0 bridgehead atoms. The highest BCUT2D eigenvalue weighted by molar-refractivity contribution is 7.14. The lowest BCUT2D eigenvalue weighted by atomic mass is 10.1. The lowest BCUT2D eigenvalue weighted by Crippen LogP contribution is -2.41. The first-order valence-electron chi connectivity index (χ1n) is 8.47. The summed E-state index contributed by atoms with van der Waals surface area (Å²) >= 11 is 7.34. The number of nitrogens with zero attached hydrogens (tertiary/aromatic N) is 1. The average Bonchev–Trinajstić information content (AvgIpc) is 3.13. The van der Waals surface area contributed by atoms with Gasteiger partial charge in [-0.15, -0.1) is 11.3 Å². The van der Waals surface area contributed by atoms with Crippen LogP contribution in [0.1, 0.15) is 11.1 Å². The molecule has 3 rings (SSSR count). The minimum atomic E-state index is -0.777. The first-order valence-corrected chi connectivity index (χ1v) is 9.73. The molecule has 1 amide bonds. The van der Waals surface area contributed by atoms with E-state index in [0.29, 0.717) is 16.7 Å². The van der Waals surface area contributed by atoms with Gasteiger partial charge >= 0.3 is 0 Å². The highest BCUT2D eigenvalue weighted by atomic mass is 35.5. The van der Waals surface area contributed by atoms with Crippen molar-refractivity contribution < 1.29 is 9.90 Å². The van der Waals surface area contributed by atoms with Gasteiger partial charge in [0.25, 0.3) is 0 Å². The number of thiazole rings is 1. The van der Waals surface area contributed by atoms with Gasteiger partial charge in [0.2, 0.25) is 5.91 Å². The van der Waals surface area contributed by atoms with E-state index in [0.717, 1.165) is 16.8 Å². The van der Waals surface area contributed by atoms with Crippen LogP contribution >= 0.6 is 22.9 Å². The molecule has 3 aromatic rings. The number of aliphatic hydroxyl groups is 1. The molecule has 3 N–H and O–H groups in total. The maximum Gasteiger partial charge on any atom is 0.245 e. The van der Waals surface area contributed by atoms with Crippen LogP contribution in [-0.4, -0.2) is 28.6 Å². The molecule has 0 radical (unpaired) electrons.